The Kier molecular flexibility index (Phi) is 5.91. The number of nitrogens with zero attached hydrogens (tertiary/aromatic N) is 3. The molecule has 1 atom stereocenters. The molecule has 7 nitrogen and oxygen atoms in total. The second-order valence-electron chi connectivity index (χ2n) is 10.3. The SMILES string of the molecule is COc1cc2c(cc1B1OC(C)(C)C(C)(C)O1)c(NC(C)c1cccc(C(F)(F)F)c1)nc1ccnn12. The maximum atomic E-state index is 13.3. The zero-order valence-corrected chi connectivity index (χ0v) is 21.5. The first-order valence-electron chi connectivity index (χ1n) is 12.0. The van der Waals surface area contributed by atoms with Crippen LogP contribution < -0.4 is 15.5 Å². The minimum Gasteiger partial charge on any atom is -0.497 e. The van der Waals surface area contributed by atoms with Crippen LogP contribution in [0.15, 0.2) is 48.7 Å². The van der Waals surface area contributed by atoms with Crippen LogP contribution in [0.3, 0.4) is 0 Å². The van der Waals surface area contributed by atoms with Gasteiger partial charge >= 0.3 is 13.3 Å². The summed E-state index contributed by atoms with van der Waals surface area (Å²) in [5.74, 6) is 1.05. The highest BCUT2D eigenvalue weighted by molar-refractivity contribution is 6.63. The Labute approximate surface area is 213 Å². The Bertz CT molecular complexity index is 1470. The fraction of sp³-hybridized carbons (Fsp3) is 0.385. The molecule has 3 heterocycles. The molecular weight excluding hydrogens is 484 g/mol. The van der Waals surface area contributed by atoms with Crippen LogP contribution in [0.25, 0.3) is 16.6 Å². The van der Waals surface area contributed by atoms with Gasteiger partial charge in [0.05, 0.1) is 35.6 Å². The first-order valence-corrected chi connectivity index (χ1v) is 12.0. The third-order valence-electron chi connectivity index (χ3n) is 7.25. The Hall–Kier alpha value is -3.31. The maximum absolute atomic E-state index is 13.3. The van der Waals surface area contributed by atoms with Crippen molar-refractivity contribution in [3.8, 4) is 5.75 Å². The van der Waals surface area contributed by atoms with E-state index in [1.165, 1.54) is 6.07 Å². The predicted molar refractivity (Wildman–Crippen MR) is 136 cm³/mol. The molecule has 37 heavy (non-hydrogen) atoms. The Morgan fingerprint density at radius 2 is 1.76 bits per heavy atom. The Balaban J connectivity index is 1.62. The maximum Gasteiger partial charge on any atom is 0.498 e. The lowest BCUT2D eigenvalue weighted by Gasteiger charge is -2.32. The summed E-state index contributed by atoms with van der Waals surface area (Å²) in [6, 6.07) is 10.3. The molecule has 194 valence electrons. The zero-order chi connectivity index (χ0) is 26.8. The molecular formula is C26H28BF3N4O3. The molecule has 11 heteroatoms. The lowest BCUT2D eigenvalue weighted by molar-refractivity contribution is -0.137. The Morgan fingerprint density at radius 3 is 2.41 bits per heavy atom. The number of ether oxygens (including phenoxy) is 1. The average molecular weight is 512 g/mol. The summed E-state index contributed by atoms with van der Waals surface area (Å²) in [5.41, 5.74) is 0.648. The van der Waals surface area contributed by atoms with Gasteiger partial charge in [-0.2, -0.15) is 18.3 Å². The van der Waals surface area contributed by atoms with Crippen molar-refractivity contribution in [2.24, 2.45) is 0 Å². The molecule has 1 N–H and O–H groups in total. The summed E-state index contributed by atoms with van der Waals surface area (Å²) in [7, 11) is 0.887. The van der Waals surface area contributed by atoms with Crippen molar-refractivity contribution in [2.75, 3.05) is 12.4 Å². The highest BCUT2D eigenvalue weighted by Crippen LogP contribution is 2.38. The van der Waals surface area contributed by atoms with E-state index in [0.717, 1.165) is 12.1 Å². The van der Waals surface area contributed by atoms with Crippen molar-refractivity contribution in [3.63, 3.8) is 0 Å². The van der Waals surface area contributed by atoms with Gasteiger partial charge < -0.3 is 19.4 Å². The number of alkyl halides is 3. The number of fused-ring (bicyclic) bond motifs is 3. The first kappa shape index (κ1) is 25.3. The van der Waals surface area contributed by atoms with Gasteiger partial charge in [-0.05, 0) is 58.4 Å². The number of anilines is 1. The number of halogens is 3. The smallest absolute Gasteiger partial charge is 0.497 e. The van der Waals surface area contributed by atoms with Gasteiger partial charge in [0.2, 0.25) is 0 Å². The highest BCUT2D eigenvalue weighted by Gasteiger charge is 2.52. The minimum atomic E-state index is -4.43. The second-order valence-corrected chi connectivity index (χ2v) is 10.3. The molecule has 0 amide bonds. The highest BCUT2D eigenvalue weighted by atomic mass is 19.4. The number of methoxy groups -OCH3 is 1. The molecule has 0 radical (unpaired) electrons. The fourth-order valence-electron chi connectivity index (χ4n) is 4.41. The van der Waals surface area contributed by atoms with Gasteiger partial charge in [0.1, 0.15) is 11.6 Å². The van der Waals surface area contributed by atoms with E-state index in [1.807, 2.05) is 39.8 Å². The van der Waals surface area contributed by atoms with Crippen LogP contribution in [-0.2, 0) is 15.5 Å². The van der Waals surface area contributed by atoms with Gasteiger partial charge in [-0.25, -0.2) is 9.50 Å². The molecule has 2 aromatic heterocycles. The third kappa shape index (κ3) is 4.40. The molecule has 0 bridgehead atoms. The zero-order valence-electron chi connectivity index (χ0n) is 21.5. The van der Waals surface area contributed by atoms with Crippen molar-refractivity contribution < 1.29 is 27.2 Å². The lowest BCUT2D eigenvalue weighted by Crippen LogP contribution is -2.41. The van der Waals surface area contributed by atoms with E-state index in [-0.39, 0.29) is 0 Å². The molecule has 1 unspecified atom stereocenters. The fourth-order valence-corrected chi connectivity index (χ4v) is 4.41. The number of rotatable bonds is 5. The summed E-state index contributed by atoms with van der Waals surface area (Å²) in [6.07, 6.45) is -2.79. The molecule has 1 aliphatic heterocycles. The van der Waals surface area contributed by atoms with Crippen LogP contribution in [0.1, 0.15) is 51.8 Å². The molecule has 1 saturated heterocycles. The van der Waals surface area contributed by atoms with Crippen molar-refractivity contribution in [1.82, 2.24) is 14.6 Å². The predicted octanol–water partition coefficient (Wildman–Crippen LogP) is 5.38. The van der Waals surface area contributed by atoms with Gasteiger partial charge in [-0.1, -0.05) is 12.1 Å². The van der Waals surface area contributed by atoms with Gasteiger partial charge in [-0.3, -0.25) is 0 Å². The lowest BCUT2D eigenvalue weighted by atomic mass is 9.77. The largest absolute Gasteiger partial charge is 0.498 e. The van der Waals surface area contributed by atoms with E-state index >= 15 is 0 Å². The van der Waals surface area contributed by atoms with Crippen molar-refractivity contribution in [3.05, 3.63) is 59.8 Å². The second kappa shape index (κ2) is 8.63. The number of nitrogens with one attached hydrogen (secondary N) is 1. The summed E-state index contributed by atoms with van der Waals surface area (Å²) in [5, 5.41) is 8.40. The van der Waals surface area contributed by atoms with Gasteiger partial charge in [0.15, 0.2) is 5.65 Å². The van der Waals surface area contributed by atoms with Crippen LogP contribution >= 0.6 is 0 Å². The standard InChI is InChI=1S/C26H28BF3N4O3/c1-15(16-8-7-9-17(12-16)26(28,29)30)32-23-18-13-19(27-36-24(2,3)25(4,5)37-27)21(35-6)14-20(18)34-22(33-23)10-11-31-34/h7-15H,1-6H3,(H,32,33). The molecule has 1 fully saturated rings. The van der Waals surface area contributed by atoms with Crippen molar-refractivity contribution in [2.45, 2.75) is 58.0 Å². The summed E-state index contributed by atoms with van der Waals surface area (Å²) < 4.78 is 59.9. The van der Waals surface area contributed by atoms with E-state index < -0.39 is 36.1 Å². The molecule has 0 aliphatic carbocycles. The molecule has 1 aliphatic rings. The van der Waals surface area contributed by atoms with Crippen LogP contribution in [-0.4, -0.2) is 40.0 Å². The topological polar surface area (TPSA) is 69.9 Å². The number of aromatic nitrogens is 3. The number of hydrogen-bond acceptors (Lipinski definition) is 6. The van der Waals surface area contributed by atoms with Gasteiger partial charge in [0, 0.05) is 29.0 Å². The van der Waals surface area contributed by atoms with E-state index in [4.69, 9.17) is 19.0 Å². The summed E-state index contributed by atoms with van der Waals surface area (Å²) in [4.78, 5) is 4.73. The molecule has 0 spiro atoms. The number of hydrogen-bond donors (Lipinski definition) is 1. The monoisotopic (exact) mass is 512 g/mol. The van der Waals surface area contributed by atoms with Crippen LogP contribution in [0, 0.1) is 0 Å². The normalized spacial score (nSPS) is 17.9. The van der Waals surface area contributed by atoms with Crippen LogP contribution in [0.4, 0.5) is 19.0 Å². The number of benzene rings is 2. The average Bonchev–Trinajstić information content (AvgIpc) is 3.38. The molecule has 4 aromatic rings. The van der Waals surface area contributed by atoms with Crippen LogP contribution in [0.2, 0.25) is 0 Å². The quantitative estimate of drug-likeness (QED) is 0.362. The minimum absolute atomic E-state index is 0.467. The van der Waals surface area contributed by atoms with E-state index in [2.05, 4.69) is 10.4 Å². The van der Waals surface area contributed by atoms with Crippen molar-refractivity contribution in [1.29, 1.82) is 0 Å². The van der Waals surface area contributed by atoms with E-state index in [1.54, 1.807) is 36.9 Å². The third-order valence-corrected chi connectivity index (χ3v) is 7.25. The summed E-state index contributed by atoms with van der Waals surface area (Å²) >= 11 is 0. The molecule has 0 saturated carbocycles. The van der Waals surface area contributed by atoms with Gasteiger partial charge in [-0.15, -0.1) is 0 Å². The van der Waals surface area contributed by atoms with E-state index in [9.17, 15) is 13.2 Å². The first-order chi connectivity index (χ1) is 17.3. The Morgan fingerprint density at radius 1 is 1.05 bits per heavy atom. The summed E-state index contributed by atoms with van der Waals surface area (Å²) in [6.45, 7) is 9.68. The van der Waals surface area contributed by atoms with Crippen LogP contribution in [0.5, 0.6) is 5.75 Å². The van der Waals surface area contributed by atoms with Crippen molar-refractivity contribution >= 4 is 34.9 Å². The van der Waals surface area contributed by atoms with Gasteiger partial charge in [0.25, 0.3) is 0 Å². The molecule has 2 aromatic carbocycles. The molecule has 5 rings (SSSR count). The van der Waals surface area contributed by atoms with E-state index in [0.29, 0.717) is 39.1 Å².